The number of nitro benzene ring substituents is 1. The summed E-state index contributed by atoms with van der Waals surface area (Å²) < 4.78 is 1.40. The van der Waals surface area contributed by atoms with Crippen LogP contribution >= 0.6 is 55.4 Å². The van der Waals surface area contributed by atoms with Gasteiger partial charge in [0, 0.05) is 52.0 Å². The van der Waals surface area contributed by atoms with Crippen LogP contribution in [0.5, 0.6) is 0 Å². The van der Waals surface area contributed by atoms with E-state index in [1.165, 1.54) is 66.0 Å². The Bertz CT molecular complexity index is 2430. The van der Waals surface area contributed by atoms with Gasteiger partial charge in [-0.15, -0.1) is 0 Å². The fourth-order valence-corrected chi connectivity index (χ4v) is 6.60. The molecule has 0 aliphatic heterocycles. The molecule has 6 amide bonds. The molecule has 2 heterocycles. The number of hydrogen-bond donors (Lipinski definition) is 3. The maximum Gasteiger partial charge on any atom is 0.348 e. The summed E-state index contributed by atoms with van der Waals surface area (Å²) in [4.78, 5) is 85.6. The molecule has 4 N–H and O–H groups in total. The summed E-state index contributed by atoms with van der Waals surface area (Å²) in [7, 11) is 0. The number of amides is 6. The van der Waals surface area contributed by atoms with E-state index >= 15 is 0 Å². The number of nitrogens with two attached hydrogens (primary N) is 1. The SMILES string of the molecule is Nc1ccccc1C(=O)N(C(=O)Nc1ccc(Sc2ncc(Br)cn2)cc1)N(C(=O)NC(=O)c1ccccc1[N+](=O)[O-])c1ccc(Sc2ncc(Br)cn2)cc1. The van der Waals surface area contributed by atoms with Gasteiger partial charge in [0.1, 0.15) is 5.56 Å². The number of nitrogen functional groups attached to an aromatic ring is 1. The smallest absolute Gasteiger partial charge is 0.348 e. The lowest BCUT2D eigenvalue weighted by Gasteiger charge is -2.33. The van der Waals surface area contributed by atoms with Crippen LogP contribution in [0.4, 0.5) is 32.3 Å². The van der Waals surface area contributed by atoms with Gasteiger partial charge in [-0.25, -0.2) is 29.5 Å². The lowest BCUT2D eigenvalue weighted by molar-refractivity contribution is -0.385. The summed E-state index contributed by atoms with van der Waals surface area (Å²) in [5.41, 5.74) is 5.18. The van der Waals surface area contributed by atoms with Crippen LogP contribution in [0.3, 0.4) is 0 Å². The van der Waals surface area contributed by atoms with Crippen LogP contribution in [0.2, 0.25) is 0 Å². The molecule has 2 aromatic heterocycles. The van der Waals surface area contributed by atoms with E-state index in [1.54, 1.807) is 67.3 Å². The minimum absolute atomic E-state index is 0.00979. The summed E-state index contributed by atoms with van der Waals surface area (Å²) in [6, 6.07) is 21.0. The Labute approximate surface area is 342 Å². The van der Waals surface area contributed by atoms with Crippen molar-refractivity contribution in [2.45, 2.75) is 20.1 Å². The largest absolute Gasteiger partial charge is 0.398 e. The molecule has 0 spiro atoms. The second-order valence-electron chi connectivity index (χ2n) is 11.1. The molecule has 56 heavy (non-hydrogen) atoms. The fraction of sp³-hybridized carbons (Fsp3) is 0. The van der Waals surface area contributed by atoms with E-state index in [0.29, 0.717) is 29.7 Å². The third-order valence-electron chi connectivity index (χ3n) is 7.33. The third-order valence-corrected chi connectivity index (χ3v) is 9.95. The number of halogens is 2. The van der Waals surface area contributed by atoms with E-state index in [-0.39, 0.29) is 22.6 Å². The van der Waals surface area contributed by atoms with Crippen LogP contribution in [0.25, 0.3) is 0 Å². The number of hydrogen-bond acceptors (Lipinski definition) is 13. The molecular weight excluding hydrogens is 892 g/mol. The molecule has 16 nitrogen and oxygen atoms in total. The second-order valence-corrected chi connectivity index (χ2v) is 15.0. The topological polar surface area (TPSA) is 220 Å². The predicted octanol–water partition coefficient (Wildman–Crippen LogP) is 8.23. The van der Waals surface area contributed by atoms with Gasteiger partial charge in [-0.2, -0.15) is 10.0 Å². The Morgan fingerprint density at radius 2 is 1.18 bits per heavy atom. The van der Waals surface area contributed by atoms with E-state index in [9.17, 15) is 29.3 Å². The Kier molecular flexibility index (Phi) is 12.6. The molecule has 0 radical (unpaired) electrons. The Hall–Kier alpha value is -6.22. The highest BCUT2D eigenvalue weighted by molar-refractivity contribution is 9.10. The number of rotatable bonds is 9. The highest BCUT2D eigenvalue weighted by Gasteiger charge is 2.36. The van der Waals surface area contributed by atoms with Crippen LogP contribution in [-0.2, 0) is 0 Å². The molecule has 20 heteroatoms. The van der Waals surface area contributed by atoms with Crippen LogP contribution < -0.4 is 21.4 Å². The zero-order chi connectivity index (χ0) is 39.8. The minimum Gasteiger partial charge on any atom is -0.398 e. The van der Waals surface area contributed by atoms with Crippen LogP contribution in [-0.4, -0.2) is 53.7 Å². The molecule has 0 unspecified atom stereocenters. The van der Waals surface area contributed by atoms with E-state index in [1.807, 2.05) is 0 Å². The zero-order valence-electron chi connectivity index (χ0n) is 28.3. The first-order valence-corrected chi connectivity index (χ1v) is 19.1. The molecule has 0 atom stereocenters. The molecule has 6 rings (SSSR count). The van der Waals surface area contributed by atoms with Gasteiger partial charge < -0.3 is 11.1 Å². The minimum atomic E-state index is -1.30. The summed E-state index contributed by atoms with van der Waals surface area (Å²) in [5, 5.41) is 18.4. The molecule has 0 bridgehead atoms. The van der Waals surface area contributed by atoms with Crippen molar-refractivity contribution in [2.75, 3.05) is 16.1 Å². The Morgan fingerprint density at radius 1 is 0.679 bits per heavy atom. The molecule has 0 aliphatic rings. The number of carbonyl (C=O) groups excluding carboxylic acids is 4. The van der Waals surface area contributed by atoms with Crippen molar-refractivity contribution in [2.24, 2.45) is 0 Å². The monoisotopic (exact) mass is 914 g/mol. The Morgan fingerprint density at radius 3 is 1.71 bits per heavy atom. The number of anilines is 3. The molecule has 4 aromatic carbocycles. The molecule has 0 fully saturated rings. The van der Waals surface area contributed by atoms with Crippen molar-refractivity contribution < 1.29 is 24.1 Å². The first kappa shape index (κ1) is 39.5. The number of imide groups is 2. The summed E-state index contributed by atoms with van der Waals surface area (Å²) >= 11 is 9.05. The maximum atomic E-state index is 14.4. The number of hydrazine groups is 1. The third kappa shape index (κ3) is 9.71. The number of nitrogens with zero attached hydrogens (tertiary/aromatic N) is 7. The lowest BCUT2D eigenvalue weighted by atomic mass is 10.1. The number of carbonyl (C=O) groups is 4. The van der Waals surface area contributed by atoms with Gasteiger partial charge in [0.05, 0.1) is 25.1 Å². The maximum absolute atomic E-state index is 14.4. The quantitative estimate of drug-likeness (QED) is 0.0539. The van der Waals surface area contributed by atoms with Crippen molar-refractivity contribution in [3.05, 3.63) is 152 Å². The standard InChI is InChI=1S/C36H24Br2N10O6S2/c37-21-17-40-33(41-18-21)55-25-13-9-23(10-14-25)44-35(51)47(32(50)27-5-1-3-7-29(27)39)46(36(52)45-31(49)28-6-2-4-8-30(28)48(53)54)24-11-15-26(16-12-24)56-34-42-19-22(38)20-43-34/h1-20H,39H2,(H,44,51)(H,45,49,52). The molecule has 0 saturated heterocycles. The van der Waals surface area contributed by atoms with Gasteiger partial charge in [0.15, 0.2) is 10.3 Å². The molecule has 280 valence electrons. The van der Waals surface area contributed by atoms with Crippen LogP contribution in [0, 0.1) is 10.1 Å². The van der Waals surface area contributed by atoms with Gasteiger partial charge in [-0.05, 0) is 122 Å². The fourth-order valence-electron chi connectivity index (χ4n) is 4.80. The van der Waals surface area contributed by atoms with Gasteiger partial charge in [-0.3, -0.25) is 25.0 Å². The summed E-state index contributed by atoms with van der Waals surface area (Å²) in [6.07, 6.45) is 6.36. The zero-order valence-corrected chi connectivity index (χ0v) is 33.1. The van der Waals surface area contributed by atoms with Crippen molar-refractivity contribution in [3.63, 3.8) is 0 Å². The number of nitrogens with one attached hydrogen (secondary N) is 2. The number of benzene rings is 4. The van der Waals surface area contributed by atoms with E-state index < -0.39 is 40.1 Å². The van der Waals surface area contributed by atoms with Crippen molar-refractivity contribution >= 4 is 102 Å². The van der Waals surface area contributed by atoms with Crippen LogP contribution in [0.15, 0.2) is 151 Å². The lowest BCUT2D eigenvalue weighted by Crippen LogP contribution is -2.58. The molecular formula is C36H24Br2N10O6S2. The average Bonchev–Trinajstić information content (AvgIpc) is 3.19. The average molecular weight is 917 g/mol. The second kappa shape index (κ2) is 17.9. The number of nitro groups is 1. The van der Waals surface area contributed by atoms with E-state index in [4.69, 9.17) is 5.73 Å². The molecule has 6 aromatic rings. The highest BCUT2D eigenvalue weighted by Crippen LogP contribution is 2.30. The van der Waals surface area contributed by atoms with Crippen molar-refractivity contribution in [1.29, 1.82) is 0 Å². The molecule has 0 saturated carbocycles. The van der Waals surface area contributed by atoms with Gasteiger partial charge >= 0.3 is 12.1 Å². The summed E-state index contributed by atoms with van der Waals surface area (Å²) in [6.45, 7) is 0. The van der Waals surface area contributed by atoms with Crippen molar-refractivity contribution in [3.8, 4) is 0 Å². The van der Waals surface area contributed by atoms with Gasteiger partial charge in [0.25, 0.3) is 17.5 Å². The van der Waals surface area contributed by atoms with Gasteiger partial charge in [-0.1, -0.05) is 24.3 Å². The first-order valence-electron chi connectivity index (χ1n) is 15.9. The normalized spacial score (nSPS) is 10.6. The van der Waals surface area contributed by atoms with Crippen molar-refractivity contribution in [1.82, 2.24) is 30.3 Å². The number of aromatic nitrogens is 4. The van der Waals surface area contributed by atoms with Crippen LogP contribution in [0.1, 0.15) is 20.7 Å². The first-order chi connectivity index (χ1) is 27.0. The Balaban J connectivity index is 1.37. The molecule has 0 aliphatic carbocycles. The number of para-hydroxylation sites is 2. The predicted molar refractivity (Wildman–Crippen MR) is 215 cm³/mol. The van der Waals surface area contributed by atoms with Gasteiger partial charge in [0.2, 0.25) is 0 Å². The highest BCUT2D eigenvalue weighted by atomic mass is 79.9. The van der Waals surface area contributed by atoms with E-state index in [0.717, 1.165) is 21.5 Å². The number of urea groups is 2. The summed E-state index contributed by atoms with van der Waals surface area (Å²) in [5.74, 6) is -2.21. The van der Waals surface area contributed by atoms with E-state index in [2.05, 4.69) is 62.4 Å².